The van der Waals surface area contributed by atoms with E-state index in [-0.39, 0.29) is 11.8 Å². The number of anilines is 1. The second kappa shape index (κ2) is 10.1. The van der Waals surface area contributed by atoms with Gasteiger partial charge in [0.25, 0.3) is 0 Å². The van der Waals surface area contributed by atoms with Gasteiger partial charge in [-0.3, -0.25) is 9.59 Å². The number of hydrogen-bond donors (Lipinski definition) is 2. The third-order valence-electron chi connectivity index (χ3n) is 3.39. The number of amides is 2. The Balaban J connectivity index is 1.63. The van der Waals surface area contributed by atoms with Gasteiger partial charge in [-0.2, -0.15) is 11.8 Å². The van der Waals surface area contributed by atoms with Crippen LogP contribution in [0.5, 0.6) is 0 Å². The van der Waals surface area contributed by atoms with Gasteiger partial charge in [0.05, 0.1) is 6.42 Å². The Kier molecular flexibility index (Phi) is 7.82. The van der Waals surface area contributed by atoms with Crippen molar-refractivity contribution >= 4 is 40.9 Å². The summed E-state index contributed by atoms with van der Waals surface area (Å²) in [5.74, 6) is 1.65. The zero-order valence-corrected chi connectivity index (χ0v) is 15.6. The Morgan fingerprint density at radius 2 is 1.64 bits per heavy atom. The fraction of sp³-hybridized carbons (Fsp3) is 0.263. The molecular weight excluding hydrogens is 356 g/mol. The summed E-state index contributed by atoms with van der Waals surface area (Å²) in [5.41, 5.74) is 2.87. The predicted octanol–water partition coefficient (Wildman–Crippen LogP) is 3.89. The highest BCUT2D eigenvalue weighted by molar-refractivity contribution is 7.98. The molecule has 2 amide bonds. The van der Waals surface area contributed by atoms with Crippen molar-refractivity contribution in [3.63, 3.8) is 0 Å². The summed E-state index contributed by atoms with van der Waals surface area (Å²) in [6.45, 7) is 2.10. The first-order chi connectivity index (χ1) is 12.0. The van der Waals surface area contributed by atoms with Crippen LogP contribution >= 0.6 is 23.4 Å². The summed E-state index contributed by atoms with van der Waals surface area (Å²) in [6, 6.07) is 15.1. The molecule has 132 valence electrons. The summed E-state index contributed by atoms with van der Waals surface area (Å²) >= 11 is 7.62. The third kappa shape index (κ3) is 7.63. The van der Waals surface area contributed by atoms with Crippen molar-refractivity contribution in [3.8, 4) is 0 Å². The second-order valence-electron chi connectivity index (χ2n) is 5.58. The highest BCUT2D eigenvalue weighted by Crippen LogP contribution is 2.15. The first-order valence-corrected chi connectivity index (χ1v) is 9.51. The number of halogens is 1. The van der Waals surface area contributed by atoms with Crippen LogP contribution in [0.25, 0.3) is 0 Å². The standard InChI is InChI=1S/C19H21ClN2O2S/c1-14(23)22-18-8-4-15(5-9-18)12-19(24)21-10-11-25-13-16-2-6-17(20)7-3-16/h2-9H,10-13H2,1H3,(H,21,24)(H,22,23). The van der Waals surface area contributed by atoms with Gasteiger partial charge in [0.1, 0.15) is 0 Å². The Morgan fingerprint density at radius 1 is 1.00 bits per heavy atom. The number of benzene rings is 2. The quantitative estimate of drug-likeness (QED) is 0.687. The SMILES string of the molecule is CC(=O)Nc1ccc(CC(=O)NCCSCc2ccc(Cl)cc2)cc1. The van der Waals surface area contributed by atoms with Gasteiger partial charge >= 0.3 is 0 Å². The maximum absolute atomic E-state index is 11.9. The number of thioether (sulfide) groups is 1. The zero-order chi connectivity index (χ0) is 18.1. The molecule has 2 N–H and O–H groups in total. The predicted molar refractivity (Wildman–Crippen MR) is 105 cm³/mol. The second-order valence-corrected chi connectivity index (χ2v) is 7.13. The van der Waals surface area contributed by atoms with Gasteiger partial charge in [-0.15, -0.1) is 0 Å². The van der Waals surface area contributed by atoms with Crippen molar-refractivity contribution in [3.05, 3.63) is 64.7 Å². The summed E-state index contributed by atoms with van der Waals surface area (Å²) in [7, 11) is 0. The number of carbonyl (C=O) groups is 2. The summed E-state index contributed by atoms with van der Waals surface area (Å²) in [4.78, 5) is 22.9. The summed E-state index contributed by atoms with van der Waals surface area (Å²) < 4.78 is 0. The largest absolute Gasteiger partial charge is 0.355 e. The monoisotopic (exact) mass is 376 g/mol. The third-order valence-corrected chi connectivity index (χ3v) is 4.67. The molecule has 0 bridgehead atoms. The minimum Gasteiger partial charge on any atom is -0.355 e. The molecule has 0 unspecified atom stereocenters. The lowest BCUT2D eigenvalue weighted by Crippen LogP contribution is -2.27. The normalized spacial score (nSPS) is 10.3. The Bertz CT molecular complexity index is 702. The van der Waals surface area contributed by atoms with E-state index in [1.54, 1.807) is 23.9 Å². The van der Waals surface area contributed by atoms with Gasteiger partial charge in [0.15, 0.2) is 0 Å². The fourth-order valence-electron chi connectivity index (χ4n) is 2.19. The fourth-order valence-corrected chi connectivity index (χ4v) is 3.14. The van der Waals surface area contributed by atoms with Crippen molar-refractivity contribution in [2.45, 2.75) is 19.1 Å². The van der Waals surface area contributed by atoms with Crippen molar-refractivity contribution in [1.82, 2.24) is 5.32 Å². The molecule has 2 aromatic carbocycles. The van der Waals surface area contributed by atoms with Crippen LogP contribution in [0, 0.1) is 0 Å². The number of hydrogen-bond acceptors (Lipinski definition) is 3. The van der Waals surface area contributed by atoms with E-state index in [2.05, 4.69) is 10.6 Å². The molecule has 0 heterocycles. The van der Waals surface area contributed by atoms with Crippen LogP contribution in [-0.4, -0.2) is 24.1 Å². The number of rotatable bonds is 8. The maximum Gasteiger partial charge on any atom is 0.224 e. The average molecular weight is 377 g/mol. The highest BCUT2D eigenvalue weighted by Gasteiger charge is 2.04. The molecule has 0 aliphatic carbocycles. The van der Waals surface area contributed by atoms with Crippen molar-refractivity contribution < 1.29 is 9.59 Å². The molecule has 2 aromatic rings. The van der Waals surface area contributed by atoms with E-state index in [1.165, 1.54) is 12.5 Å². The first-order valence-electron chi connectivity index (χ1n) is 7.98. The van der Waals surface area contributed by atoms with E-state index < -0.39 is 0 Å². The van der Waals surface area contributed by atoms with Crippen LogP contribution in [0.1, 0.15) is 18.1 Å². The molecule has 0 saturated heterocycles. The molecule has 6 heteroatoms. The average Bonchev–Trinajstić information content (AvgIpc) is 2.57. The van der Waals surface area contributed by atoms with Gasteiger partial charge in [-0.1, -0.05) is 35.9 Å². The molecule has 0 aliphatic rings. The molecule has 0 atom stereocenters. The molecule has 0 aliphatic heterocycles. The van der Waals surface area contributed by atoms with Gasteiger partial charge < -0.3 is 10.6 Å². The Labute approximate surface area is 157 Å². The van der Waals surface area contributed by atoms with Gasteiger partial charge in [0, 0.05) is 35.7 Å². The molecule has 0 saturated carbocycles. The van der Waals surface area contributed by atoms with Crippen LogP contribution in [0.4, 0.5) is 5.69 Å². The lowest BCUT2D eigenvalue weighted by atomic mass is 10.1. The van der Waals surface area contributed by atoms with Crippen LogP contribution in [0.15, 0.2) is 48.5 Å². The topological polar surface area (TPSA) is 58.2 Å². The molecule has 0 spiro atoms. The summed E-state index contributed by atoms with van der Waals surface area (Å²) in [6.07, 6.45) is 0.336. The van der Waals surface area contributed by atoms with Gasteiger partial charge in [0.2, 0.25) is 11.8 Å². The molecule has 25 heavy (non-hydrogen) atoms. The number of carbonyl (C=O) groups excluding carboxylic acids is 2. The maximum atomic E-state index is 11.9. The van der Waals surface area contributed by atoms with E-state index >= 15 is 0 Å². The minimum atomic E-state index is -0.110. The van der Waals surface area contributed by atoms with Crippen LogP contribution in [-0.2, 0) is 21.8 Å². The number of nitrogens with one attached hydrogen (secondary N) is 2. The molecule has 0 fully saturated rings. The lowest BCUT2D eigenvalue weighted by molar-refractivity contribution is -0.120. The molecule has 0 radical (unpaired) electrons. The van der Waals surface area contributed by atoms with E-state index in [0.717, 1.165) is 27.8 Å². The van der Waals surface area contributed by atoms with Gasteiger partial charge in [-0.05, 0) is 35.4 Å². The van der Waals surface area contributed by atoms with Crippen LogP contribution in [0.3, 0.4) is 0 Å². The van der Waals surface area contributed by atoms with Crippen molar-refractivity contribution in [2.75, 3.05) is 17.6 Å². The van der Waals surface area contributed by atoms with E-state index in [1.807, 2.05) is 36.4 Å². The van der Waals surface area contributed by atoms with Crippen LogP contribution < -0.4 is 10.6 Å². The molecular formula is C19H21ClN2O2S. The highest BCUT2D eigenvalue weighted by atomic mass is 35.5. The first kappa shape index (κ1) is 19.3. The van der Waals surface area contributed by atoms with E-state index in [0.29, 0.717) is 13.0 Å². The smallest absolute Gasteiger partial charge is 0.224 e. The van der Waals surface area contributed by atoms with E-state index in [4.69, 9.17) is 11.6 Å². The van der Waals surface area contributed by atoms with Gasteiger partial charge in [-0.25, -0.2) is 0 Å². The molecule has 4 nitrogen and oxygen atoms in total. The molecule has 2 rings (SSSR count). The summed E-state index contributed by atoms with van der Waals surface area (Å²) in [5, 5.41) is 6.37. The lowest BCUT2D eigenvalue weighted by Gasteiger charge is -2.07. The minimum absolute atomic E-state index is 0.000583. The Morgan fingerprint density at radius 3 is 2.28 bits per heavy atom. The zero-order valence-electron chi connectivity index (χ0n) is 14.0. The van der Waals surface area contributed by atoms with E-state index in [9.17, 15) is 9.59 Å². The van der Waals surface area contributed by atoms with Crippen LogP contribution in [0.2, 0.25) is 5.02 Å². The molecule has 0 aromatic heterocycles. The Hall–Kier alpha value is -1.98. The van der Waals surface area contributed by atoms with Crippen molar-refractivity contribution in [1.29, 1.82) is 0 Å². The van der Waals surface area contributed by atoms with Crippen molar-refractivity contribution in [2.24, 2.45) is 0 Å².